The Labute approximate surface area is 111 Å². The summed E-state index contributed by atoms with van der Waals surface area (Å²) in [4.78, 5) is 18.0. The summed E-state index contributed by atoms with van der Waals surface area (Å²) in [7, 11) is 0. The number of nitrogens with zero attached hydrogens (tertiary/aromatic N) is 2. The van der Waals surface area contributed by atoms with E-state index in [1.54, 1.807) is 4.90 Å². The molecule has 1 amide bonds. The van der Waals surface area contributed by atoms with Crippen LogP contribution in [0, 0.1) is 5.92 Å². The number of carbonyl (C=O) groups is 1. The molecule has 0 bridgehead atoms. The molecule has 1 aromatic carbocycles. The Morgan fingerprint density at radius 1 is 1.32 bits per heavy atom. The van der Waals surface area contributed by atoms with Gasteiger partial charge in [0, 0.05) is 37.1 Å². The third kappa shape index (κ3) is 2.44. The number of benzene rings is 1. The van der Waals surface area contributed by atoms with Gasteiger partial charge in [0.2, 0.25) is 5.91 Å². The summed E-state index contributed by atoms with van der Waals surface area (Å²) >= 11 is 0. The van der Waals surface area contributed by atoms with Gasteiger partial charge in [-0.25, -0.2) is 0 Å². The van der Waals surface area contributed by atoms with Crippen molar-refractivity contribution in [2.24, 2.45) is 5.92 Å². The number of amides is 1. The minimum Gasteiger partial charge on any atom is -0.396 e. The first-order valence-corrected chi connectivity index (χ1v) is 6.48. The van der Waals surface area contributed by atoms with Crippen LogP contribution in [-0.4, -0.2) is 34.0 Å². The van der Waals surface area contributed by atoms with Crippen molar-refractivity contribution in [1.29, 1.82) is 0 Å². The van der Waals surface area contributed by atoms with Gasteiger partial charge in [-0.2, -0.15) is 0 Å². The van der Waals surface area contributed by atoms with E-state index >= 15 is 0 Å². The molecule has 0 aliphatic carbocycles. The molecule has 1 fully saturated rings. The van der Waals surface area contributed by atoms with E-state index in [-0.39, 0.29) is 18.4 Å². The van der Waals surface area contributed by atoms with Gasteiger partial charge >= 0.3 is 0 Å². The lowest BCUT2D eigenvalue weighted by atomic mass is 10.1. The minimum absolute atomic E-state index is 0.0768. The van der Waals surface area contributed by atoms with Crippen molar-refractivity contribution in [3.05, 3.63) is 42.2 Å². The largest absolute Gasteiger partial charge is 0.396 e. The minimum atomic E-state index is 0.0768. The van der Waals surface area contributed by atoms with Crippen LogP contribution < -0.4 is 0 Å². The quantitative estimate of drug-likeness (QED) is 0.907. The molecule has 0 saturated carbocycles. The van der Waals surface area contributed by atoms with Crippen LogP contribution in [0.5, 0.6) is 0 Å². The molecule has 1 saturated heterocycles. The number of hydrogen-bond donors (Lipinski definition) is 1. The number of fused-ring (bicyclic) bond motifs is 1. The second-order valence-electron chi connectivity index (χ2n) is 5.05. The molecule has 98 valence electrons. The van der Waals surface area contributed by atoms with Crippen LogP contribution in [0.2, 0.25) is 0 Å². The molecule has 2 heterocycles. The first-order chi connectivity index (χ1) is 9.26. The van der Waals surface area contributed by atoms with E-state index in [4.69, 9.17) is 5.11 Å². The Kier molecular flexibility index (Phi) is 3.17. The SMILES string of the molecule is O=C1CC(CO)CN1Cc1cc2ccccc2cn1. The number of likely N-dealkylation sites (tertiary alicyclic amines) is 1. The van der Waals surface area contributed by atoms with Gasteiger partial charge in [0.25, 0.3) is 0 Å². The second-order valence-corrected chi connectivity index (χ2v) is 5.05. The summed E-state index contributed by atoms with van der Waals surface area (Å²) in [6, 6.07) is 10.1. The van der Waals surface area contributed by atoms with Crippen LogP contribution in [0.3, 0.4) is 0 Å². The van der Waals surface area contributed by atoms with Gasteiger partial charge in [0.05, 0.1) is 12.2 Å². The molecule has 1 aliphatic heterocycles. The molecule has 4 heteroatoms. The van der Waals surface area contributed by atoms with Gasteiger partial charge in [0.1, 0.15) is 0 Å². The van der Waals surface area contributed by atoms with E-state index in [9.17, 15) is 4.79 Å². The summed E-state index contributed by atoms with van der Waals surface area (Å²) in [5.41, 5.74) is 0.894. The van der Waals surface area contributed by atoms with Crippen molar-refractivity contribution in [3.63, 3.8) is 0 Å². The van der Waals surface area contributed by atoms with E-state index in [1.807, 2.05) is 36.5 Å². The molecule has 1 aromatic heterocycles. The summed E-state index contributed by atoms with van der Waals surface area (Å²) in [5, 5.41) is 11.4. The summed E-state index contributed by atoms with van der Waals surface area (Å²) in [6.07, 6.45) is 2.29. The third-order valence-corrected chi connectivity index (χ3v) is 3.59. The molecule has 19 heavy (non-hydrogen) atoms. The number of hydrogen-bond acceptors (Lipinski definition) is 3. The van der Waals surface area contributed by atoms with Crippen LogP contribution in [-0.2, 0) is 11.3 Å². The smallest absolute Gasteiger partial charge is 0.223 e. The number of aliphatic hydroxyl groups excluding tert-OH is 1. The Hall–Kier alpha value is -1.94. The average molecular weight is 256 g/mol. The van der Waals surface area contributed by atoms with Crippen molar-refractivity contribution < 1.29 is 9.90 Å². The molecule has 3 rings (SSSR count). The van der Waals surface area contributed by atoms with E-state index in [0.29, 0.717) is 19.5 Å². The fraction of sp³-hybridized carbons (Fsp3) is 0.333. The summed E-state index contributed by atoms with van der Waals surface area (Å²) in [6.45, 7) is 1.23. The number of aromatic nitrogens is 1. The number of rotatable bonds is 3. The van der Waals surface area contributed by atoms with Crippen LogP contribution in [0.15, 0.2) is 36.5 Å². The monoisotopic (exact) mass is 256 g/mol. The summed E-state index contributed by atoms with van der Waals surface area (Å²) in [5.74, 6) is 0.182. The van der Waals surface area contributed by atoms with E-state index in [2.05, 4.69) is 4.98 Å². The highest BCUT2D eigenvalue weighted by Gasteiger charge is 2.29. The van der Waals surface area contributed by atoms with Gasteiger partial charge in [-0.15, -0.1) is 0 Å². The zero-order valence-corrected chi connectivity index (χ0v) is 10.6. The number of aliphatic hydroxyl groups is 1. The maximum Gasteiger partial charge on any atom is 0.223 e. The van der Waals surface area contributed by atoms with Gasteiger partial charge < -0.3 is 10.0 Å². The lowest BCUT2D eigenvalue weighted by Crippen LogP contribution is -2.25. The molecular formula is C15H16N2O2. The Balaban J connectivity index is 1.80. The normalized spacial score (nSPS) is 19.3. The second kappa shape index (κ2) is 4.97. The van der Waals surface area contributed by atoms with Gasteiger partial charge in [0.15, 0.2) is 0 Å². The molecule has 0 radical (unpaired) electrons. The zero-order valence-electron chi connectivity index (χ0n) is 10.6. The first kappa shape index (κ1) is 12.1. The first-order valence-electron chi connectivity index (χ1n) is 6.48. The van der Waals surface area contributed by atoms with Gasteiger partial charge in [-0.1, -0.05) is 24.3 Å². The zero-order chi connectivity index (χ0) is 13.2. The highest BCUT2D eigenvalue weighted by molar-refractivity contribution is 5.82. The van der Waals surface area contributed by atoms with Crippen molar-refractivity contribution in [3.8, 4) is 0 Å². The van der Waals surface area contributed by atoms with Gasteiger partial charge in [-0.3, -0.25) is 9.78 Å². The van der Waals surface area contributed by atoms with Crippen LogP contribution in [0.4, 0.5) is 0 Å². The van der Waals surface area contributed by atoms with Crippen molar-refractivity contribution in [2.75, 3.05) is 13.2 Å². The molecule has 1 atom stereocenters. The van der Waals surface area contributed by atoms with Crippen molar-refractivity contribution in [1.82, 2.24) is 9.88 Å². The Bertz CT molecular complexity index is 612. The molecule has 0 spiro atoms. The predicted molar refractivity (Wildman–Crippen MR) is 72.4 cm³/mol. The lowest BCUT2D eigenvalue weighted by molar-refractivity contribution is -0.128. The van der Waals surface area contributed by atoms with Crippen molar-refractivity contribution in [2.45, 2.75) is 13.0 Å². The Morgan fingerprint density at radius 2 is 2.11 bits per heavy atom. The third-order valence-electron chi connectivity index (χ3n) is 3.59. The van der Waals surface area contributed by atoms with E-state index < -0.39 is 0 Å². The number of pyridine rings is 1. The van der Waals surface area contributed by atoms with Crippen LogP contribution in [0.25, 0.3) is 10.8 Å². The highest BCUT2D eigenvalue weighted by Crippen LogP contribution is 2.20. The summed E-state index contributed by atoms with van der Waals surface area (Å²) < 4.78 is 0. The highest BCUT2D eigenvalue weighted by atomic mass is 16.3. The van der Waals surface area contributed by atoms with Gasteiger partial charge in [-0.05, 0) is 11.5 Å². The molecule has 1 aliphatic rings. The molecule has 1 N–H and O–H groups in total. The number of carbonyl (C=O) groups excluding carboxylic acids is 1. The lowest BCUT2D eigenvalue weighted by Gasteiger charge is -2.16. The topological polar surface area (TPSA) is 53.4 Å². The molecular weight excluding hydrogens is 240 g/mol. The molecule has 1 unspecified atom stereocenters. The van der Waals surface area contributed by atoms with Crippen molar-refractivity contribution >= 4 is 16.7 Å². The van der Waals surface area contributed by atoms with Crippen LogP contribution >= 0.6 is 0 Å². The Morgan fingerprint density at radius 3 is 2.84 bits per heavy atom. The fourth-order valence-electron chi connectivity index (χ4n) is 2.54. The van der Waals surface area contributed by atoms with E-state index in [0.717, 1.165) is 16.5 Å². The van der Waals surface area contributed by atoms with E-state index in [1.165, 1.54) is 0 Å². The fourth-order valence-corrected chi connectivity index (χ4v) is 2.54. The maximum atomic E-state index is 11.8. The predicted octanol–water partition coefficient (Wildman–Crippen LogP) is 1.58. The average Bonchev–Trinajstić information content (AvgIpc) is 2.79. The van der Waals surface area contributed by atoms with Crippen LogP contribution in [0.1, 0.15) is 12.1 Å². The maximum absolute atomic E-state index is 11.8. The molecule has 2 aromatic rings. The molecule has 4 nitrogen and oxygen atoms in total. The standard InChI is InChI=1S/C15H16N2O2/c18-10-11-5-15(19)17(8-11)9-14-6-12-3-1-2-4-13(12)7-16-14/h1-4,6-7,11,18H,5,8-10H2.